The van der Waals surface area contributed by atoms with Crippen LogP contribution in [0.2, 0.25) is 0 Å². The van der Waals surface area contributed by atoms with Gasteiger partial charge in [-0.1, -0.05) is 18.2 Å². The number of rotatable bonds is 1. The fourth-order valence-corrected chi connectivity index (χ4v) is 4.29. The lowest BCUT2D eigenvalue weighted by atomic mass is 9.71. The number of fused-ring (bicyclic) bond motifs is 6. The minimum atomic E-state index is -1.26. The highest BCUT2D eigenvalue weighted by Gasteiger charge is 2.52. The standard InChI is InChI=1S/C22H14O6/c23-14-2-5-17-12(8-14)7-13-9-15(24)3-6-18(13)22(17)19-4-1-11(20(25)26)10-16(19)21(27)28-22/h1-6,8-10,23-24H,7H2,(H,25,26). The lowest BCUT2D eigenvalue weighted by molar-refractivity contribution is 0.0240. The predicted octanol–water partition coefficient (Wildman–Crippen LogP) is 3.16. The van der Waals surface area contributed by atoms with Crippen molar-refractivity contribution >= 4 is 11.9 Å². The highest BCUT2D eigenvalue weighted by molar-refractivity contribution is 5.99. The third kappa shape index (κ3) is 2.02. The Labute approximate surface area is 159 Å². The summed E-state index contributed by atoms with van der Waals surface area (Å²) in [6.45, 7) is 0. The number of carboxylic acid groups (broad SMARTS) is 1. The molecule has 3 aromatic carbocycles. The maximum absolute atomic E-state index is 12.8. The molecule has 3 aromatic rings. The van der Waals surface area contributed by atoms with Crippen LogP contribution in [-0.2, 0) is 16.8 Å². The first-order valence-corrected chi connectivity index (χ1v) is 8.66. The lowest BCUT2D eigenvalue weighted by Crippen LogP contribution is -2.34. The first kappa shape index (κ1) is 16.4. The fourth-order valence-electron chi connectivity index (χ4n) is 4.29. The summed E-state index contributed by atoms with van der Waals surface area (Å²) in [5.74, 6) is -1.57. The number of hydrogen-bond acceptors (Lipinski definition) is 5. The van der Waals surface area contributed by atoms with Crippen LogP contribution in [0.25, 0.3) is 0 Å². The molecule has 0 aromatic heterocycles. The molecular weight excluding hydrogens is 360 g/mol. The summed E-state index contributed by atoms with van der Waals surface area (Å²) in [4.78, 5) is 24.1. The first-order chi connectivity index (χ1) is 13.4. The molecule has 1 aliphatic heterocycles. The Bertz CT molecular complexity index is 1140. The van der Waals surface area contributed by atoms with Crippen molar-refractivity contribution in [3.05, 3.63) is 93.5 Å². The van der Waals surface area contributed by atoms with Gasteiger partial charge in [-0.15, -0.1) is 0 Å². The zero-order chi connectivity index (χ0) is 19.6. The van der Waals surface area contributed by atoms with Crippen LogP contribution in [-0.4, -0.2) is 27.3 Å². The predicted molar refractivity (Wildman–Crippen MR) is 97.7 cm³/mol. The number of carboxylic acids is 1. The third-order valence-electron chi connectivity index (χ3n) is 5.43. The van der Waals surface area contributed by atoms with E-state index in [4.69, 9.17) is 4.74 Å². The van der Waals surface area contributed by atoms with Gasteiger partial charge >= 0.3 is 11.9 Å². The minimum Gasteiger partial charge on any atom is -0.508 e. The number of esters is 1. The van der Waals surface area contributed by atoms with Crippen LogP contribution < -0.4 is 0 Å². The van der Waals surface area contributed by atoms with Crippen molar-refractivity contribution < 1.29 is 29.6 Å². The number of hydrogen-bond donors (Lipinski definition) is 3. The summed E-state index contributed by atoms with van der Waals surface area (Å²) < 4.78 is 5.93. The Balaban J connectivity index is 1.87. The van der Waals surface area contributed by atoms with Gasteiger partial charge in [-0.3, -0.25) is 0 Å². The number of carbonyl (C=O) groups is 2. The maximum atomic E-state index is 12.8. The molecule has 1 heterocycles. The van der Waals surface area contributed by atoms with Crippen LogP contribution in [0.15, 0.2) is 54.6 Å². The molecule has 3 N–H and O–H groups in total. The molecule has 6 heteroatoms. The molecule has 28 heavy (non-hydrogen) atoms. The van der Waals surface area contributed by atoms with Crippen LogP contribution in [0.1, 0.15) is 48.5 Å². The topological polar surface area (TPSA) is 104 Å². The van der Waals surface area contributed by atoms with Gasteiger partial charge in [0.25, 0.3) is 0 Å². The van der Waals surface area contributed by atoms with Crippen molar-refractivity contribution in [2.75, 3.05) is 0 Å². The molecule has 0 saturated carbocycles. The smallest absolute Gasteiger partial charge is 0.340 e. The van der Waals surface area contributed by atoms with Crippen LogP contribution in [0.4, 0.5) is 0 Å². The lowest BCUT2D eigenvalue weighted by Gasteiger charge is -2.37. The van der Waals surface area contributed by atoms with E-state index < -0.39 is 17.5 Å². The molecule has 0 bridgehead atoms. The van der Waals surface area contributed by atoms with Crippen molar-refractivity contribution in [1.82, 2.24) is 0 Å². The van der Waals surface area contributed by atoms with Gasteiger partial charge in [0.1, 0.15) is 11.5 Å². The Morgan fingerprint density at radius 3 is 2.00 bits per heavy atom. The number of carbonyl (C=O) groups excluding carboxylic acids is 1. The fraction of sp³-hybridized carbons (Fsp3) is 0.0909. The van der Waals surface area contributed by atoms with Gasteiger partial charge in [0, 0.05) is 16.7 Å². The zero-order valence-corrected chi connectivity index (χ0v) is 14.5. The van der Waals surface area contributed by atoms with E-state index >= 15 is 0 Å². The zero-order valence-electron chi connectivity index (χ0n) is 14.5. The summed E-state index contributed by atoms with van der Waals surface area (Å²) >= 11 is 0. The van der Waals surface area contributed by atoms with Crippen LogP contribution in [0.5, 0.6) is 11.5 Å². The van der Waals surface area contributed by atoms with E-state index in [0.717, 1.165) is 11.1 Å². The van der Waals surface area contributed by atoms with Gasteiger partial charge in [-0.2, -0.15) is 0 Å². The molecule has 1 spiro atoms. The van der Waals surface area contributed by atoms with Crippen LogP contribution in [0.3, 0.4) is 0 Å². The number of aromatic hydroxyl groups is 2. The molecule has 0 fully saturated rings. The molecule has 0 saturated heterocycles. The van der Waals surface area contributed by atoms with E-state index in [1.54, 1.807) is 30.3 Å². The molecule has 0 radical (unpaired) electrons. The van der Waals surface area contributed by atoms with E-state index in [1.807, 2.05) is 0 Å². The summed E-state index contributed by atoms with van der Waals surface area (Å²) in [6, 6.07) is 14.1. The highest BCUT2D eigenvalue weighted by Crippen LogP contribution is 2.52. The second-order valence-electron chi connectivity index (χ2n) is 7.00. The van der Waals surface area contributed by atoms with Gasteiger partial charge in [0.15, 0.2) is 5.60 Å². The number of benzene rings is 3. The van der Waals surface area contributed by atoms with Crippen molar-refractivity contribution in [3.8, 4) is 11.5 Å². The largest absolute Gasteiger partial charge is 0.508 e. The third-order valence-corrected chi connectivity index (χ3v) is 5.43. The molecule has 0 amide bonds. The second-order valence-corrected chi connectivity index (χ2v) is 7.00. The van der Waals surface area contributed by atoms with Crippen LogP contribution >= 0.6 is 0 Å². The van der Waals surface area contributed by atoms with E-state index in [2.05, 4.69) is 0 Å². The molecule has 2 aliphatic rings. The quantitative estimate of drug-likeness (QED) is 0.565. The van der Waals surface area contributed by atoms with Crippen molar-refractivity contribution in [2.24, 2.45) is 0 Å². The average Bonchev–Trinajstić information content (AvgIpc) is 2.94. The summed E-state index contributed by atoms with van der Waals surface area (Å²) in [7, 11) is 0. The summed E-state index contributed by atoms with van der Waals surface area (Å²) in [5.41, 5.74) is 2.43. The van der Waals surface area contributed by atoms with Crippen molar-refractivity contribution in [1.29, 1.82) is 0 Å². The molecule has 0 unspecified atom stereocenters. The molecule has 138 valence electrons. The summed E-state index contributed by atoms with van der Waals surface area (Å²) in [5, 5.41) is 29.2. The highest BCUT2D eigenvalue weighted by atomic mass is 16.6. The van der Waals surface area contributed by atoms with Gasteiger partial charge in [-0.25, -0.2) is 9.59 Å². The Hall–Kier alpha value is -3.80. The Morgan fingerprint density at radius 1 is 0.857 bits per heavy atom. The molecule has 6 nitrogen and oxygen atoms in total. The molecule has 1 aliphatic carbocycles. The van der Waals surface area contributed by atoms with Crippen LogP contribution in [0, 0.1) is 0 Å². The van der Waals surface area contributed by atoms with Gasteiger partial charge in [-0.05, 0) is 53.9 Å². The SMILES string of the molecule is O=C(O)c1ccc2c(c1)C(=O)OC21c2ccc(O)cc2Cc2cc(O)ccc21. The molecule has 5 rings (SSSR count). The molecular formula is C22H14O6. The first-order valence-electron chi connectivity index (χ1n) is 8.66. The van der Waals surface area contributed by atoms with Crippen molar-refractivity contribution in [3.63, 3.8) is 0 Å². The van der Waals surface area contributed by atoms with Crippen molar-refractivity contribution in [2.45, 2.75) is 12.0 Å². The second kappa shape index (κ2) is 5.36. The summed E-state index contributed by atoms with van der Waals surface area (Å²) in [6.07, 6.45) is 0.454. The van der Waals surface area contributed by atoms with Gasteiger partial charge in [0.2, 0.25) is 0 Å². The number of phenols is 2. The molecule has 0 atom stereocenters. The number of aromatic carboxylic acids is 1. The Kier molecular flexibility index (Phi) is 3.13. The number of ether oxygens (including phenoxy) is 1. The van der Waals surface area contributed by atoms with E-state index in [9.17, 15) is 24.9 Å². The monoisotopic (exact) mass is 374 g/mol. The van der Waals surface area contributed by atoms with E-state index in [-0.39, 0.29) is 22.6 Å². The van der Waals surface area contributed by atoms with Gasteiger partial charge in [0.05, 0.1) is 11.1 Å². The normalized spacial score (nSPS) is 15.5. The van der Waals surface area contributed by atoms with E-state index in [1.165, 1.54) is 24.3 Å². The number of phenolic OH excluding ortho intramolecular Hbond substituents is 2. The van der Waals surface area contributed by atoms with Gasteiger partial charge < -0.3 is 20.1 Å². The Morgan fingerprint density at radius 2 is 1.43 bits per heavy atom. The van der Waals surface area contributed by atoms with E-state index in [0.29, 0.717) is 23.1 Å². The minimum absolute atomic E-state index is 0.000388. The average molecular weight is 374 g/mol. The maximum Gasteiger partial charge on any atom is 0.340 e.